The van der Waals surface area contributed by atoms with Crippen molar-refractivity contribution < 1.29 is 22.3 Å². The van der Waals surface area contributed by atoms with E-state index in [1.807, 2.05) is 18.2 Å². The Hall–Kier alpha value is -1.80. The Morgan fingerprint density at radius 3 is 2.48 bits per heavy atom. The summed E-state index contributed by atoms with van der Waals surface area (Å²) >= 11 is 0. The SMILES string of the molecule is COCOCCCS(=O)(=O)NC(c1ccccc1)c1cccc(F)c1. The molecule has 1 N–H and O–H groups in total. The van der Waals surface area contributed by atoms with Crippen molar-refractivity contribution in [3.8, 4) is 0 Å². The molecule has 0 aliphatic heterocycles. The summed E-state index contributed by atoms with van der Waals surface area (Å²) in [5.74, 6) is -0.499. The first kappa shape index (κ1) is 19.5. The third-order valence-corrected chi connectivity index (χ3v) is 4.94. The van der Waals surface area contributed by atoms with Gasteiger partial charge in [-0.15, -0.1) is 0 Å². The highest BCUT2D eigenvalue weighted by Gasteiger charge is 2.21. The van der Waals surface area contributed by atoms with Gasteiger partial charge >= 0.3 is 0 Å². The first-order chi connectivity index (χ1) is 12.0. The molecular formula is C18H22FNO4S. The molecule has 0 radical (unpaired) electrons. The average molecular weight is 367 g/mol. The minimum Gasteiger partial charge on any atom is -0.359 e. The Labute approximate surface area is 147 Å². The number of benzene rings is 2. The maximum Gasteiger partial charge on any atom is 0.212 e. The predicted octanol–water partition coefficient (Wildman–Crippen LogP) is 2.85. The van der Waals surface area contributed by atoms with Gasteiger partial charge in [0.1, 0.15) is 12.6 Å². The summed E-state index contributed by atoms with van der Waals surface area (Å²) < 4.78 is 50.9. The largest absolute Gasteiger partial charge is 0.359 e. The summed E-state index contributed by atoms with van der Waals surface area (Å²) in [5, 5.41) is 0. The Morgan fingerprint density at radius 2 is 1.80 bits per heavy atom. The van der Waals surface area contributed by atoms with E-state index in [2.05, 4.69) is 4.72 Å². The van der Waals surface area contributed by atoms with E-state index in [1.165, 1.54) is 19.2 Å². The molecule has 0 fully saturated rings. The zero-order valence-electron chi connectivity index (χ0n) is 14.0. The van der Waals surface area contributed by atoms with Gasteiger partial charge in [-0.1, -0.05) is 42.5 Å². The highest BCUT2D eigenvalue weighted by Crippen LogP contribution is 2.23. The lowest BCUT2D eigenvalue weighted by molar-refractivity contribution is -0.0298. The fraction of sp³-hybridized carbons (Fsp3) is 0.333. The van der Waals surface area contributed by atoms with Crippen molar-refractivity contribution in [2.45, 2.75) is 12.5 Å². The monoisotopic (exact) mass is 367 g/mol. The zero-order chi connectivity index (χ0) is 18.1. The third kappa shape index (κ3) is 6.55. The number of halogens is 1. The van der Waals surface area contributed by atoms with Gasteiger partial charge in [-0.05, 0) is 29.7 Å². The lowest BCUT2D eigenvalue weighted by Gasteiger charge is -2.20. The Kier molecular flexibility index (Phi) is 7.52. The van der Waals surface area contributed by atoms with Crippen molar-refractivity contribution in [3.05, 3.63) is 71.5 Å². The molecule has 0 saturated carbocycles. The van der Waals surface area contributed by atoms with E-state index in [-0.39, 0.29) is 19.2 Å². The normalized spacial score (nSPS) is 12.9. The van der Waals surface area contributed by atoms with Crippen LogP contribution in [0.3, 0.4) is 0 Å². The summed E-state index contributed by atoms with van der Waals surface area (Å²) in [7, 11) is -2.07. The molecule has 0 aliphatic carbocycles. The third-order valence-electron chi connectivity index (χ3n) is 3.52. The second-order valence-electron chi connectivity index (χ2n) is 5.50. The van der Waals surface area contributed by atoms with Crippen molar-refractivity contribution in [2.24, 2.45) is 0 Å². The molecular weight excluding hydrogens is 345 g/mol. The van der Waals surface area contributed by atoms with Crippen LogP contribution in [0, 0.1) is 5.82 Å². The van der Waals surface area contributed by atoms with Gasteiger partial charge in [0.15, 0.2) is 0 Å². The van der Waals surface area contributed by atoms with Crippen LogP contribution in [0.25, 0.3) is 0 Å². The Bertz CT molecular complexity index is 753. The van der Waals surface area contributed by atoms with Gasteiger partial charge in [-0.3, -0.25) is 0 Å². The maximum absolute atomic E-state index is 13.6. The predicted molar refractivity (Wildman–Crippen MR) is 94.1 cm³/mol. The molecule has 0 amide bonds. The first-order valence-electron chi connectivity index (χ1n) is 7.89. The van der Waals surface area contributed by atoms with Crippen LogP contribution in [-0.2, 0) is 19.5 Å². The van der Waals surface area contributed by atoms with E-state index in [0.717, 1.165) is 5.56 Å². The fourth-order valence-electron chi connectivity index (χ4n) is 2.39. The fourth-order valence-corrected chi connectivity index (χ4v) is 3.64. The lowest BCUT2D eigenvalue weighted by atomic mass is 10.00. The summed E-state index contributed by atoms with van der Waals surface area (Å²) in [4.78, 5) is 0. The minimum atomic E-state index is -3.57. The van der Waals surface area contributed by atoms with Crippen LogP contribution in [0.4, 0.5) is 4.39 Å². The van der Waals surface area contributed by atoms with Crippen molar-refractivity contribution in [1.29, 1.82) is 0 Å². The summed E-state index contributed by atoms with van der Waals surface area (Å²) in [6.45, 7) is 0.411. The van der Waals surface area contributed by atoms with E-state index < -0.39 is 21.9 Å². The number of nitrogens with one attached hydrogen (secondary N) is 1. The molecule has 7 heteroatoms. The van der Waals surface area contributed by atoms with Crippen molar-refractivity contribution in [3.63, 3.8) is 0 Å². The quantitative estimate of drug-likeness (QED) is 0.518. The van der Waals surface area contributed by atoms with Gasteiger partial charge < -0.3 is 9.47 Å². The molecule has 136 valence electrons. The molecule has 0 aromatic heterocycles. The topological polar surface area (TPSA) is 64.6 Å². The number of rotatable bonds is 10. The molecule has 0 aliphatic rings. The van der Waals surface area contributed by atoms with Gasteiger partial charge in [0.25, 0.3) is 0 Å². The molecule has 2 aromatic rings. The second kappa shape index (κ2) is 9.62. The summed E-state index contributed by atoms with van der Waals surface area (Å²) in [6.07, 6.45) is 0.337. The maximum atomic E-state index is 13.6. The van der Waals surface area contributed by atoms with Crippen LogP contribution in [0.15, 0.2) is 54.6 Å². The standard InChI is InChI=1S/C18H22FNO4S/c1-23-14-24-11-6-12-25(21,22)20-18(15-7-3-2-4-8-15)16-9-5-10-17(19)13-16/h2-5,7-10,13,18,20H,6,11-12,14H2,1H3. The van der Waals surface area contributed by atoms with E-state index >= 15 is 0 Å². The van der Waals surface area contributed by atoms with Gasteiger partial charge in [0.2, 0.25) is 10.0 Å². The number of hydrogen-bond acceptors (Lipinski definition) is 4. The molecule has 0 bridgehead atoms. The number of methoxy groups -OCH3 is 1. The molecule has 5 nitrogen and oxygen atoms in total. The summed E-state index contributed by atoms with van der Waals surface area (Å²) in [5.41, 5.74) is 1.29. The average Bonchev–Trinajstić information content (AvgIpc) is 2.60. The van der Waals surface area contributed by atoms with E-state index in [1.54, 1.807) is 24.3 Å². The van der Waals surface area contributed by atoms with Gasteiger partial charge in [-0.2, -0.15) is 0 Å². The molecule has 25 heavy (non-hydrogen) atoms. The second-order valence-corrected chi connectivity index (χ2v) is 7.38. The zero-order valence-corrected chi connectivity index (χ0v) is 14.8. The van der Waals surface area contributed by atoms with E-state index in [0.29, 0.717) is 12.0 Å². The van der Waals surface area contributed by atoms with Crippen LogP contribution >= 0.6 is 0 Å². The highest BCUT2D eigenvalue weighted by molar-refractivity contribution is 7.89. The Morgan fingerprint density at radius 1 is 1.08 bits per heavy atom. The smallest absolute Gasteiger partial charge is 0.212 e. The molecule has 1 unspecified atom stereocenters. The van der Waals surface area contributed by atoms with Gasteiger partial charge in [0.05, 0.1) is 18.4 Å². The molecule has 2 rings (SSSR count). The van der Waals surface area contributed by atoms with E-state index in [4.69, 9.17) is 9.47 Å². The summed E-state index contributed by atoms with van der Waals surface area (Å²) in [6, 6.07) is 14.4. The van der Waals surface area contributed by atoms with Crippen LogP contribution in [-0.4, -0.2) is 34.7 Å². The van der Waals surface area contributed by atoms with Crippen molar-refractivity contribution in [2.75, 3.05) is 26.3 Å². The van der Waals surface area contributed by atoms with Gasteiger partial charge in [-0.25, -0.2) is 17.5 Å². The Balaban J connectivity index is 2.13. The van der Waals surface area contributed by atoms with E-state index in [9.17, 15) is 12.8 Å². The van der Waals surface area contributed by atoms with Crippen LogP contribution in [0.2, 0.25) is 0 Å². The lowest BCUT2D eigenvalue weighted by Crippen LogP contribution is -2.31. The molecule has 0 saturated heterocycles. The van der Waals surface area contributed by atoms with Crippen molar-refractivity contribution in [1.82, 2.24) is 4.72 Å². The number of hydrogen-bond donors (Lipinski definition) is 1. The first-order valence-corrected chi connectivity index (χ1v) is 9.54. The van der Waals surface area contributed by atoms with Crippen molar-refractivity contribution >= 4 is 10.0 Å². The highest BCUT2D eigenvalue weighted by atomic mass is 32.2. The molecule has 0 spiro atoms. The number of sulfonamides is 1. The minimum absolute atomic E-state index is 0.0879. The molecule has 0 heterocycles. The van der Waals surface area contributed by atoms with Crippen LogP contribution in [0.1, 0.15) is 23.6 Å². The molecule has 1 atom stereocenters. The molecule has 2 aromatic carbocycles. The number of ether oxygens (including phenoxy) is 2. The van der Waals surface area contributed by atoms with Gasteiger partial charge in [0, 0.05) is 7.11 Å². The van der Waals surface area contributed by atoms with Crippen LogP contribution < -0.4 is 4.72 Å². The van der Waals surface area contributed by atoms with Crippen LogP contribution in [0.5, 0.6) is 0 Å².